The topological polar surface area (TPSA) is 81.5 Å². The predicted molar refractivity (Wildman–Crippen MR) is 43.6 cm³/mol. The van der Waals surface area contributed by atoms with E-state index in [1.807, 2.05) is 6.92 Å². The molecular weight excluding hydrogens is 144 g/mol. The van der Waals surface area contributed by atoms with E-state index < -0.39 is 0 Å². The molecule has 4 nitrogen and oxygen atoms in total. The van der Waals surface area contributed by atoms with Crippen LogP contribution < -0.4 is 11.5 Å². The van der Waals surface area contributed by atoms with E-state index in [2.05, 4.69) is 0 Å². The smallest absolute Gasteiger partial charge is 0.143 e. The highest BCUT2D eigenvalue weighted by Gasteiger charge is 2.06. The molecule has 0 saturated carbocycles. The van der Waals surface area contributed by atoms with Crippen LogP contribution in [0.1, 0.15) is 26.2 Å². The van der Waals surface area contributed by atoms with Crippen LogP contribution in [0.5, 0.6) is 0 Å². The van der Waals surface area contributed by atoms with Gasteiger partial charge in [-0.25, -0.2) is 0 Å². The molecule has 0 rings (SSSR count). The summed E-state index contributed by atoms with van der Waals surface area (Å²) in [7, 11) is 0. The summed E-state index contributed by atoms with van der Waals surface area (Å²) in [5.74, 6) is 0. The number of ether oxygens (including phenoxy) is 1. The summed E-state index contributed by atoms with van der Waals surface area (Å²) in [5, 5.41) is 8.45. The summed E-state index contributed by atoms with van der Waals surface area (Å²) in [5.41, 5.74) is 10.7. The summed E-state index contributed by atoms with van der Waals surface area (Å²) in [6.45, 7) is 1.78. The maximum Gasteiger partial charge on any atom is 0.143 e. The van der Waals surface area contributed by atoms with Crippen LogP contribution in [-0.2, 0) is 4.74 Å². The quantitative estimate of drug-likeness (QED) is 0.471. The van der Waals surface area contributed by atoms with Gasteiger partial charge < -0.3 is 21.3 Å². The molecule has 68 valence electrons. The second kappa shape index (κ2) is 6.54. The Bertz CT molecular complexity index is 88.5. The fourth-order valence-corrected chi connectivity index (χ4v) is 0.889. The molecular formula is C7H18N2O2. The zero-order chi connectivity index (χ0) is 8.69. The van der Waals surface area contributed by atoms with Crippen molar-refractivity contribution >= 4 is 0 Å². The maximum atomic E-state index is 8.45. The zero-order valence-corrected chi connectivity index (χ0v) is 6.99. The van der Waals surface area contributed by atoms with Crippen LogP contribution >= 0.6 is 0 Å². The van der Waals surface area contributed by atoms with Gasteiger partial charge in [0.05, 0.1) is 12.3 Å². The first-order valence-corrected chi connectivity index (χ1v) is 3.94. The zero-order valence-electron chi connectivity index (χ0n) is 6.99. The highest BCUT2D eigenvalue weighted by atomic mass is 16.6. The fourth-order valence-electron chi connectivity index (χ4n) is 0.889. The van der Waals surface area contributed by atoms with Gasteiger partial charge in [-0.3, -0.25) is 0 Å². The Morgan fingerprint density at radius 2 is 2.00 bits per heavy atom. The third-order valence-electron chi connectivity index (χ3n) is 1.59. The van der Waals surface area contributed by atoms with Gasteiger partial charge in [-0.05, 0) is 19.3 Å². The van der Waals surface area contributed by atoms with Crippen LogP contribution in [0.25, 0.3) is 0 Å². The molecule has 0 aromatic rings. The lowest BCUT2D eigenvalue weighted by Gasteiger charge is -2.14. The first-order valence-electron chi connectivity index (χ1n) is 3.94. The number of aliphatic hydroxyl groups is 1. The van der Waals surface area contributed by atoms with Crippen molar-refractivity contribution in [3.8, 4) is 0 Å². The Labute approximate surface area is 67.5 Å². The predicted octanol–water partition coefficient (Wildman–Crippen LogP) is -0.245. The summed E-state index contributed by atoms with van der Waals surface area (Å²) < 4.78 is 4.99. The van der Waals surface area contributed by atoms with Crippen molar-refractivity contribution in [2.45, 2.75) is 38.5 Å². The highest BCUT2D eigenvalue weighted by molar-refractivity contribution is 4.59. The van der Waals surface area contributed by atoms with Gasteiger partial charge in [0, 0.05) is 0 Å². The molecule has 0 aliphatic heterocycles. The number of aliphatic hydroxyl groups excluding tert-OH is 1. The Hall–Kier alpha value is -0.160. The molecule has 0 bridgehead atoms. The molecule has 1 atom stereocenters. The van der Waals surface area contributed by atoms with Crippen LogP contribution in [0, 0.1) is 0 Å². The third-order valence-corrected chi connectivity index (χ3v) is 1.59. The van der Waals surface area contributed by atoms with Crippen LogP contribution in [-0.4, -0.2) is 24.2 Å². The van der Waals surface area contributed by atoms with Gasteiger partial charge in [0.1, 0.15) is 6.79 Å². The molecule has 0 aliphatic rings. The first kappa shape index (κ1) is 10.8. The van der Waals surface area contributed by atoms with E-state index in [9.17, 15) is 0 Å². The lowest BCUT2D eigenvalue weighted by Crippen LogP contribution is -2.31. The molecule has 0 aliphatic carbocycles. The van der Waals surface area contributed by atoms with E-state index in [4.69, 9.17) is 21.3 Å². The van der Waals surface area contributed by atoms with Gasteiger partial charge in [0.25, 0.3) is 0 Å². The molecule has 4 heteroatoms. The summed E-state index contributed by atoms with van der Waals surface area (Å²) in [6, 6.07) is 0. The average Bonchev–Trinajstić information content (AvgIpc) is 1.97. The van der Waals surface area contributed by atoms with Crippen molar-refractivity contribution in [1.29, 1.82) is 0 Å². The second-order valence-corrected chi connectivity index (χ2v) is 2.57. The van der Waals surface area contributed by atoms with E-state index in [-0.39, 0.29) is 19.1 Å². The van der Waals surface area contributed by atoms with Crippen molar-refractivity contribution in [2.24, 2.45) is 11.5 Å². The van der Waals surface area contributed by atoms with E-state index >= 15 is 0 Å². The minimum Gasteiger partial charge on any atom is -0.371 e. The molecule has 0 heterocycles. The second-order valence-electron chi connectivity index (χ2n) is 2.57. The molecule has 0 spiro atoms. The van der Waals surface area contributed by atoms with Crippen molar-refractivity contribution in [1.82, 2.24) is 0 Å². The molecule has 11 heavy (non-hydrogen) atoms. The van der Waals surface area contributed by atoms with Gasteiger partial charge in [0.15, 0.2) is 0 Å². The Morgan fingerprint density at radius 3 is 2.36 bits per heavy atom. The van der Waals surface area contributed by atoms with Crippen molar-refractivity contribution < 1.29 is 9.84 Å². The standard InChI is InChI=1S/C7H18N2O2/c1-2-6(11-5-10)3-4-7(8)9/h6-7,10H,2-5,8-9H2,1H3. The highest BCUT2D eigenvalue weighted by Crippen LogP contribution is 2.05. The molecule has 0 aromatic carbocycles. The minimum atomic E-state index is -0.272. The number of hydrogen-bond donors (Lipinski definition) is 3. The van der Waals surface area contributed by atoms with Crippen LogP contribution in [0.2, 0.25) is 0 Å². The van der Waals surface area contributed by atoms with Crippen LogP contribution in [0.4, 0.5) is 0 Å². The fraction of sp³-hybridized carbons (Fsp3) is 1.00. The molecule has 5 N–H and O–H groups in total. The minimum absolute atomic E-state index is 0.0922. The normalized spacial score (nSPS) is 13.9. The van der Waals surface area contributed by atoms with Crippen LogP contribution in [0.3, 0.4) is 0 Å². The van der Waals surface area contributed by atoms with E-state index in [0.717, 1.165) is 19.3 Å². The Morgan fingerprint density at radius 1 is 1.36 bits per heavy atom. The van der Waals surface area contributed by atoms with Crippen molar-refractivity contribution in [3.05, 3.63) is 0 Å². The SMILES string of the molecule is CCC(CCC(N)N)OCO. The van der Waals surface area contributed by atoms with Gasteiger partial charge in [-0.15, -0.1) is 0 Å². The van der Waals surface area contributed by atoms with Crippen molar-refractivity contribution in [2.75, 3.05) is 6.79 Å². The number of nitrogens with two attached hydrogens (primary N) is 2. The number of rotatable bonds is 6. The summed E-state index contributed by atoms with van der Waals surface area (Å²) >= 11 is 0. The molecule has 0 radical (unpaired) electrons. The molecule has 1 unspecified atom stereocenters. The van der Waals surface area contributed by atoms with Crippen LogP contribution in [0.15, 0.2) is 0 Å². The lowest BCUT2D eigenvalue weighted by molar-refractivity contribution is -0.0549. The van der Waals surface area contributed by atoms with E-state index in [0.29, 0.717) is 0 Å². The van der Waals surface area contributed by atoms with E-state index in [1.54, 1.807) is 0 Å². The Balaban J connectivity index is 3.35. The largest absolute Gasteiger partial charge is 0.371 e. The summed E-state index contributed by atoms with van der Waals surface area (Å²) in [4.78, 5) is 0. The molecule has 0 saturated heterocycles. The molecule has 0 aromatic heterocycles. The van der Waals surface area contributed by atoms with Gasteiger partial charge in [-0.2, -0.15) is 0 Å². The maximum absolute atomic E-state index is 8.45. The summed E-state index contributed by atoms with van der Waals surface area (Å²) in [6.07, 6.45) is 2.25. The average molecular weight is 162 g/mol. The van der Waals surface area contributed by atoms with Gasteiger partial charge in [-0.1, -0.05) is 6.92 Å². The monoisotopic (exact) mass is 162 g/mol. The Kier molecular flexibility index (Phi) is 6.45. The first-order chi connectivity index (χ1) is 5.20. The van der Waals surface area contributed by atoms with Crippen molar-refractivity contribution in [3.63, 3.8) is 0 Å². The molecule has 0 amide bonds. The third kappa shape index (κ3) is 6.25. The van der Waals surface area contributed by atoms with E-state index in [1.165, 1.54) is 0 Å². The number of hydrogen-bond acceptors (Lipinski definition) is 4. The van der Waals surface area contributed by atoms with Gasteiger partial charge in [0.2, 0.25) is 0 Å². The van der Waals surface area contributed by atoms with Gasteiger partial charge >= 0.3 is 0 Å². The molecule has 0 fully saturated rings. The lowest BCUT2D eigenvalue weighted by atomic mass is 10.1.